The molecule has 6 N–H and O–H groups in total. The third-order valence-electron chi connectivity index (χ3n) is 7.83. The first kappa shape index (κ1) is 29.2. The number of ether oxygens (including phenoxy) is 1. The normalized spacial score (nSPS) is 27.7. The minimum absolute atomic E-state index is 0.0275. The Balaban J connectivity index is 1.41. The Morgan fingerprint density at radius 3 is 2.39 bits per heavy atom. The van der Waals surface area contributed by atoms with Crippen molar-refractivity contribution < 1.29 is 43.9 Å². The molecular weight excluding hydrogens is 536 g/mol. The number of aliphatic hydroxyl groups is 4. The number of carbonyl (C=O) groups excluding carboxylic acids is 3. The Labute approximate surface area is 237 Å². The van der Waals surface area contributed by atoms with E-state index in [4.69, 9.17) is 28.3 Å². The molecular formula is C25H24B3FN4O8. The molecule has 6 radical (unpaired) electrons. The van der Waals surface area contributed by atoms with Gasteiger partial charge in [0.05, 0.1) is 18.8 Å². The van der Waals surface area contributed by atoms with Crippen LogP contribution in [0.5, 0.6) is 0 Å². The van der Waals surface area contributed by atoms with Gasteiger partial charge in [0.25, 0.3) is 17.6 Å². The Morgan fingerprint density at radius 1 is 1.05 bits per heavy atom. The SMILES string of the molecule is [B]C(O)(c1cccc(CNc2cccc3c2CN(C2([B])C(=O)NC(=O)C(O)(O)C2([B])O)C3=O)c1F)N1CCOCC1. The Hall–Kier alpha value is -3.27. The second kappa shape index (κ2) is 9.93. The van der Waals surface area contributed by atoms with Gasteiger partial charge in [-0.15, -0.1) is 0 Å². The van der Waals surface area contributed by atoms with Crippen molar-refractivity contribution in [2.75, 3.05) is 31.6 Å². The highest BCUT2D eigenvalue weighted by molar-refractivity contribution is 6.41. The Kier molecular flexibility index (Phi) is 7.08. The van der Waals surface area contributed by atoms with Crippen LogP contribution in [0.25, 0.3) is 0 Å². The van der Waals surface area contributed by atoms with Crippen LogP contribution in [0.3, 0.4) is 0 Å². The van der Waals surface area contributed by atoms with E-state index in [9.17, 15) is 34.8 Å². The van der Waals surface area contributed by atoms with Gasteiger partial charge in [0, 0.05) is 54.1 Å². The van der Waals surface area contributed by atoms with Gasteiger partial charge in [0.2, 0.25) is 5.91 Å². The summed E-state index contributed by atoms with van der Waals surface area (Å²) in [4.78, 5) is 40.1. The van der Waals surface area contributed by atoms with Crippen LogP contribution >= 0.6 is 0 Å². The summed E-state index contributed by atoms with van der Waals surface area (Å²) in [5.74, 6) is -8.53. The van der Waals surface area contributed by atoms with Crippen LogP contribution in [0.2, 0.25) is 0 Å². The number of anilines is 1. The molecule has 41 heavy (non-hydrogen) atoms. The van der Waals surface area contributed by atoms with Crippen molar-refractivity contribution in [2.45, 2.75) is 35.4 Å². The van der Waals surface area contributed by atoms with E-state index in [2.05, 4.69) is 5.32 Å². The van der Waals surface area contributed by atoms with E-state index in [1.165, 1.54) is 35.2 Å². The lowest BCUT2D eigenvalue weighted by atomic mass is 9.50. The fraction of sp³-hybridized carbons (Fsp3) is 0.400. The minimum atomic E-state index is -3.72. The standard InChI is InChI=1S/C25H24B3FN4O8/c26-22(20(35)31-21(36)23(37,38)25(22,28)40)33-12-15-14(19(33)34)4-2-6-17(15)30-11-13-3-1-5-16(18(13)29)24(27,39)32-7-9-41-10-8-32/h1-6,30,37-40H,7-12H2,(H,31,35,36). The van der Waals surface area contributed by atoms with E-state index in [1.807, 2.05) is 0 Å². The number of carbonyl (C=O) groups is 3. The number of morpholine rings is 1. The van der Waals surface area contributed by atoms with E-state index < -0.39 is 52.4 Å². The lowest BCUT2D eigenvalue weighted by Gasteiger charge is -2.54. The largest absolute Gasteiger partial charge is 0.392 e. The molecule has 3 amide bonds. The zero-order chi connectivity index (χ0) is 30.0. The number of hydrogen-bond acceptors (Lipinski definition) is 10. The number of hydrogen-bond donors (Lipinski definition) is 6. The van der Waals surface area contributed by atoms with Crippen molar-refractivity contribution in [3.8, 4) is 0 Å². The summed E-state index contributed by atoms with van der Waals surface area (Å²) in [6, 6.07) is 8.86. The monoisotopic (exact) mass is 560 g/mol. The average molecular weight is 560 g/mol. The first-order valence-electron chi connectivity index (χ1n) is 12.6. The van der Waals surface area contributed by atoms with Gasteiger partial charge in [0.15, 0.2) is 0 Å². The third-order valence-corrected chi connectivity index (χ3v) is 7.83. The summed E-state index contributed by atoms with van der Waals surface area (Å²) in [5.41, 5.74) is -7.97. The molecule has 2 aromatic rings. The highest BCUT2D eigenvalue weighted by atomic mass is 19.1. The molecule has 16 heteroatoms. The van der Waals surface area contributed by atoms with Gasteiger partial charge in [0.1, 0.15) is 40.3 Å². The summed E-state index contributed by atoms with van der Waals surface area (Å²) < 4.78 is 20.8. The lowest BCUT2D eigenvalue weighted by Crippen LogP contribution is -2.86. The average Bonchev–Trinajstić information content (AvgIpc) is 3.28. The van der Waals surface area contributed by atoms with Gasteiger partial charge in [-0.2, -0.15) is 0 Å². The van der Waals surface area contributed by atoms with Gasteiger partial charge in [-0.25, -0.2) is 4.39 Å². The van der Waals surface area contributed by atoms with E-state index >= 15 is 4.39 Å². The first-order valence-corrected chi connectivity index (χ1v) is 12.6. The number of nitrogens with one attached hydrogen (secondary N) is 2. The molecule has 0 aliphatic carbocycles. The van der Waals surface area contributed by atoms with Crippen molar-refractivity contribution in [2.24, 2.45) is 0 Å². The van der Waals surface area contributed by atoms with Crippen LogP contribution < -0.4 is 10.6 Å². The van der Waals surface area contributed by atoms with Crippen LogP contribution in [0.4, 0.5) is 10.1 Å². The molecule has 12 nitrogen and oxygen atoms in total. The summed E-state index contributed by atoms with van der Waals surface area (Å²) in [6.07, 6.45) is 0. The van der Waals surface area contributed by atoms with Crippen LogP contribution in [0.15, 0.2) is 36.4 Å². The quantitative estimate of drug-likeness (QED) is 0.122. The summed E-state index contributed by atoms with van der Waals surface area (Å²) in [5, 5.41) is 46.6. The molecule has 5 rings (SSSR count). The number of rotatable bonds is 6. The molecule has 2 saturated heterocycles. The molecule has 0 saturated carbocycles. The number of imide groups is 1. The van der Waals surface area contributed by atoms with Crippen molar-refractivity contribution >= 4 is 46.9 Å². The summed E-state index contributed by atoms with van der Waals surface area (Å²) in [7, 11) is 17.8. The van der Waals surface area contributed by atoms with Gasteiger partial charge in [-0.1, -0.05) is 24.3 Å². The number of nitrogens with zero attached hydrogens (tertiary/aromatic N) is 2. The molecule has 0 bridgehead atoms. The molecule has 3 unspecified atom stereocenters. The molecule has 3 aliphatic rings. The molecule has 3 heterocycles. The molecule has 2 fully saturated rings. The predicted octanol–water partition coefficient (Wildman–Crippen LogP) is -2.94. The molecule has 208 valence electrons. The maximum absolute atomic E-state index is 15.6. The number of halogens is 1. The number of amides is 3. The fourth-order valence-corrected chi connectivity index (χ4v) is 5.27. The van der Waals surface area contributed by atoms with Gasteiger partial charge in [-0.3, -0.25) is 24.6 Å². The molecule has 3 atom stereocenters. The third kappa shape index (κ3) is 4.28. The van der Waals surface area contributed by atoms with Crippen molar-refractivity contribution in [1.29, 1.82) is 0 Å². The Bertz CT molecular complexity index is 1440. The summed E-state index contributed by atoms with van der Waals surface area (Å²) >= 11 is 0. The molecule has 3 aliphatic heterocycles. The van der Waals surface area contributed by atoms with E-state index in [-0.39, 0.29) is 28.8 Å². The second-order valence-electron chi connectivity index (χ2n) is 10.2. The van der Waals surface area contributed by atoms with Crippen LogP contribution in [0, 0.1) is 5.82 Å². The van der Waals surface area contributed by atoms with Crippen LogP contribution in [-0.4, -0.2) is 115 Å². The first-order chi connectivity index (χ1) is 19.2. The topological polar surface area (TPSA) is 172 Å². The van der Waals surface area contributed by atoms with E-state index in [0.29, 0.717) is 36.9 Å². The van der Waals surface area contributed by atoms with Gasteiger partial charge >= 0.3 is 0 Å². The fourth-order valence-electron chi connectivity index (χ4n) is 5.27. The maximum Gasteiger partial charge on any atom is 0.288 e. The number of benzene rings is 2. The maximum atomic E-state index is 15.6. The van der Waals surface area contributed by atoms with Gasteiger partial charge in [-0.05, 0) is 12.1 Å². The zero-order valence-electron chi connectivity index (χ0n) is 21.6. The number of fused-ring (bicyclic) bond motifs is 1. The van der Waals surface area contributed by atoms with Crippen LogP contribution in [0.1, 0.15) is 27.0 Å². The highest BCUT2D eigenvalue weighted by Crippen LogP contribution is 2.41. The highest BCUT2D eigenvalue weighted by Gasteiger charge is 2.70. The molecule has 0 spiro atoms. The molecule has 2 aromatic carbocycles. The van der Waals surface area contributed by atoms with Crippen molar-refractivity contribution in [3.63, 3.8) is 0 Å². The summed E-state index contributed by atoms with van der Waals surface area (Å²) in [6.45, 7) is 0.694. The van der Waals surface area contributed by atoms with Crippen molar-refractivity contribution in [3.05, 3.63) is 64.5 Å². The van der Waals surface area contributed by atoms with Gasteiger partial charge < -0.3 is 35.4 Å². The smallest absolute Gasteiger partial charge is 0.288 e. The number of piperidine rings is 1. The van der Waals surface area contributed by atoms with Crippen molar-refractivity contribution in [1.82, 2.24) is 15.1 Å². The molecule has 0 aromatic heterocycles. The van der Waals surface area contributed by atoms with Crippen LogP contribution in [-0.2, 0) is 33.0 Å². The minimum Gasteiger partial charge on any atom is -0.392 e. The van der Waals surface area contributed by atoms with E-state index in [1.54, 1.807) is 11.4 Å². The lowest BCUT2D eigenvalue weighted by molar-refractivity contribution is -0.257. The Morgan fingerprint density at radius 2 is 1.71 bits per heavy atom. The predicted molar refractivity (Wildman–Crippen MR) is 142 cm³/mol. The second-order valence-corrected chi connectivity index (χ2v) is 10.2. The van der Waals surface area contributed by atoms with E-state index in [0.717, 1.165) is 0 Å². The zero-order valence-corrected chi connectivity index (χ0v) is 21.6.